The number of hydrogen-bond acceptors (Lipinski definition) is 4. The van der Waals surface area contributed by atoms with Gasteiger partial charge in [-0.25, -0.2) is 4.98 Å². The molecule has 0 unspecified atom stereocenters. The first-order chi connectivity index (χ1) is 34.9. The average Bonchev–Trinajstić information content (AvgIpc) is 3.94. The van der Waals surface area contributed by atoms with Crippen LogP contribution in [-0.2, 0) is 42.7 Å². The van der Waals surface area contributed by atoms with Gasteiger partial charge in [-0.15, -0.1) is 48.1 Å². The van der Waals surface area contributed by atoms with Gasteiger partial charge in [-0.3, -0.25) is 0 Å². The molecule has 8 aromatic carbocycles. The molecule has 0 fully saturated rings. The summed E-state index contributed by atoms with van der Waals surface area (Å²) in [5, 5.41) is 2.18. The molecule has 0 bridgehead atoms. The van der Waals surface area contributed by atoms with Crippen LogP contribution in [0.3, 0.4) is 0 Å². The standard InChI is InChI=1S/C68H63N4O.Pt/c1-65(2,3)50-30-34-61-63(41-50)70(45-71(61)55-39-52(66(4,5)6)38-53(40-55)68(9,10)49-25-18-13-19-26-49)54-27-20-28-56(43-54)73-57-31-32-58-59-37-47(46-21-14-11-15-22-46)29-33-60(59)72(62(58)44-57)64-42-51(35-36-69-64)67(7,8)48-23-16-12-17-24-48;/h11-42,45H,1-10H3;/q-3;. The summed E-state index contributed by atoms with van der Waals surface area (Å²) in [7, 11) is 0. The minimum absolute atomic E-state index is 0. The van der Waals surface area contributed by atoms with Gasteiger partial charge < -0.3 is 19.1 Å². The van der Waals surface area contributed by atoms with Gasteiger partial charge in [-0.2, -0.15) is 12.1 Å². The van der Waals surface area contributed by atoms with Crippen molar-refractivity contribution >= 4 is 44.6 Å². The van der Waals surface area contributed by atoms with Crippen LogP contribution in [0.25, 0.3) is 38.8 Å². The maximum Gasteiger partial charge on any atom is 0.135 e. The van der Waals surface area contributed by atoms with Crippen molar-refractivity contribution in [1.82, 2.24) is 9.55 Å². The van der Waals surface area contributed by atoms with Crippen LogP contribution in [-0.4, -0.2) is 9.55 Å². The number of benzene rings is 8. The van der Waals surface area contributed by atoms with E-state index in [2.05, 4.69) is 278 Å². The summed E-state index contributed by atoms with van der Waals surface area (Å²) in [5.41, 5.74) is 15.3. The second-order valence-corrected chi connectivity index (χ2v) is 22.7. The summed E-state index contributed by atoms with van der Waals surface area (Å²) in [6, 6.07) is 74.9. The van der Waals surface area contributed by atoms with Gasteiger partial charge in [0.2, 0.25) is 0 Å². The SMILES string of the molecule is CC(C)(C)c1cc(N2[CH-]N(c3[c-]c(Oc4[c-]c5c(cc4)c4cc(-c6ccccc6)ccc4n5-c4cc(C(C)(C)c5ccccc5)ccn4)ccc3)c3cc(C(C)(C)C)ccc32)cc(C(C)(C)c2ccccc2)c1.[Pt]. The molecule has 0 spiro atoms. The second kappa shape index (κ2) is 19.3. The first kappa shape index (κ1) is 50.3. The third kappa shape index (κ3) is 9.37. The Morgan fingerprint density at radius 2 is 1.08 bits per heavy atom. The van der Waals surface area contributed by atoms with Crippen molar-refractivity contribution in [3.63, 3.8) is 0 Å². The third-order valence-electron chi connectivity index (χ3n) is 15.1. The summed E-state index contributed by atoms with van der Waals surface area (Å²) >= 11 is 0. The first-order valence-corrected chi connectivity index (χ1v) is 25.5. The van der Waals surface area contributed by atoms with Gasteiger partial charge in [0.1, 0.15) is 5.82 Å². The van der Waals surface area contributed by atoms with Gasteiger partial charge in [-0.1, -0.05) is 190 Å². The Hall–Kier alpha value is -7.20. The van der Waals surface area contributed by atoms with Crippen molar-refractivity contribution in [3.8, 4) is 28.4 Å². The number of rotatable bonds is 10. The van der Waals surface area contributed by atoms with Crippen LogP contribution >= 0.6 is 0 Å². The van der Waals surface area contributed by atoms with E-state index in [0.29, 0.717) is 11.5 Å². The fourth-order valence-corrected chi connectivity index (χ4v) is 10.3. The Bertz CT molecular complexity index is 3660. The molecule has 374 valence electrons. The summed E-state index contributed by atoms with van der Waals surface area (Å²) in [6.45, 7) is 25.1. The Kier molecular flexibility index (Phi) is 13.1. The Labute approximate surface area is 452 Å². The first-order valence-electron chi connectivity index (χ1n) is 25.5. The van der Waals surface area contributed by atoms with Crippen LogP contribution in [0.1, 0.15) is 103 Å². The maximum atomic E-state index is 6.83. The number of hydrogen-bond donors (Lipinski definition) is 0. The maximum absolute atomic E-state index is 6.83. The topological polar surface area (TPSA) is 33.5 Å². The van der Waals surface area contributed by atoms with Crippen LogP contribution < -0.4 is 14.5 Å². The van der Waals surface area contributed by atoms with Crippen molar-refractivity contribution in [2.75, 3.05) is 9.80 Å². The van der Waals surface area contributed by atoms with Crippen LogP contribution in [0, 0.1) is 18.8 Å². The molecule has 0 aliphatic carbocycles. The van der Waals surface area contributed by atoms with Gasteiger partial charge in [0, 0.05) is 72.2 Å². The van der Waals surface area contributed by atoms with Gasteiger partial charge in [0.15, 0.2) is 0 Å². The number of fused-ring (bicyclic) bond motifs is 4. The zero-order chi connectivity index (χ0) is 50.9. The number of ether oxygens (including phenoxy) is 1. The van der Waals surface area contributed by atoms with E-state index in [9.17, 15) is 0 Å². The van der Waals surface area contributed by atoms with Crippen LogP contribution in [0.5, 0.6) is 11.5 Å². The zero-order valence-corrected chi connectivity index (χ0v) is 46.3. The Morgan fingerprint density at radius 1 is 0.446 bits per heavy atom. The van der Waals surface area contributed by atoms with Gasteiger partial charge in [-0.05, 0) is 103 Å². The van der Waals surface area contributed by atoms with Crippen LogP contribution in [0.4, 0.5) is 22.7 Å². The van der Waals surface area contributed by atoms with Crippen molar-refractivity contribution in [1.29, 1.82) is 0 Å². The molecule has 0 radical (unpaired) electrons. The van der Waals surface area contributed by atoms with Crippen LogP contribution in [0.15, 0.2) is 194 Å². The van der Waals surface area contributed by atoms with E-state index >= 15 is 0 Å². The number of anilines is 4. The molecule has 10 aromatic rings. The average molecular weight is 1150 g/mol. The molecule has 1 aliphatic rings. The van der Waals surface area contributed by atoms with Crippen molar-refractivity contribution in [3.05, 3.63) is 246 Å². The molecule has 3 heterocycles. The Morgan fingerprint density at radius 3 is 1.76 bits per heavy atom. The molecule has 0 saturated carbocycles. The fourth-order valence-electron chi connectivity index (χ4n) is 10.3. The molecular weight excluding hydrogens is 1080 g/mol. The van der Waals surface area contributed by atoms with Crippen molar-refractivity contribution < 1.29 is 25.8 Å². The summed E-state index contributed by atoms with van der Waals surface area (Å²) in [5.74, 6) is 2.00. The minimum Gasteiger partial charge on any atom is -0.509 e. The van der Waals surface area contributed by atoms with Gasteiger partial charge >= 0.3 is 0 Å². The number of pyridine rings is 1. The largest absolute Gasteiger partial charge is 0.509 e. The quantitative estimate of drug-likeness (QED) is 0.128. The molecular formula is C68H63N4OPt-3. The monoisotopic (exact) mass is 1150 g/mol. The molecule has 11 rings (SSSR count). The zero-order valence-electron chi connectivity index (χ0n) is 44.1. The molecule has 5 nitrogen and oxygen atoms in total. The molecule has 0 N–H and O–H groups in total. The predicted molar refractivity (Wildman–Crippen MR) is 304 cm³/mol. The van der Waals surface area contributed by atoms with E-state index in [4.69, 9.17) is 9.72 Å². The summed E-state index contributed by atoms with van der Waals surface area (Å²) in [4.78, 5) is 9.64. The van der Waals surface area contributed by atoms with E-state index in [0.717, 1.165) is 55.9 Å². The van der Waals surface area contributed by atoms with Gasteiger partial charge in [0.05, 0.1) is 0 Å². The van der Waals surface area contributed by atoms with E-state index < -0.39 is 0 Å². The van der Waals surface area contributed by atoms with Crippen LogP contribution in [0.2, 0.25) is 0 Å². The molecule has 1 aliphatic heterocycles. The summed E-state index contributed by atoms with van der Waals surface area (Å²) < 4.78 is 9.06. The third-order valence-corrected chi connectivity index (χ3v) is 15.1. The normalized spacial score (nSPS) is 13.1. The number of nitrogens with zero attached hydrogens (tertiary/aromatic N) is 4. The smallest absolute Gasteiger partial charge is 0.135 e. The fraction of sp³-hybridized carbons (Fsp3) is 0.206. The van der Waals surface area contributed by atoms with E-state index in [1.807, 2.05) is 18.3 Å². The molecule has 6 heteroatoms. The summed E-state index contributed by atoms with van der Waals surface area (Å²) in [6.07, 6.45) is 1.93. The minimum atomic E-state index is -0.256. The molecule has 74 heavy (non-hydrogen) atoms. The number of aromatic nitrogens is 2. The predicted octanol–water partition coefficient (Wildman–Crippen LogP) is 17.9. The van der Waals surface area contributed by atoms with Crippen molar-refractivity contribution in [2.45, 2.75) is 90.9 Å². The molecule has 2 aromatic heterocycles. The van der Waals surface area contributed by atoms with E-state index in [1.165, 1.54) is 38.9 Å². The van der Waals surface area contributed by atoms with E-state index in [1.54, 1.807) is 0 Å². The molecule has 0 amide bonds. The Balaban J connectivity index is 0.00000626. The van der Waals surface area contributed by atoms with E-state index in [-0.39, 0.29) is 42.7 Å². The molecule has 0 atom stereocenters. The van der Waals surface area contributed by atoms with Gasteiger partial charge in [0.25, 0.3) is 0 Å². The molecule has 0 saturated heterocycles. The van der Waals surface area contributed by atoms with Crippen molar-refractivity contribution in [2.24, 2.45) is 0 Å². The second-order valence-electron chi connectivity index (χ2n) is 22.7.